The Kier molecular flexibility index (Phi) is 4.21. The van der Waals surface area contributed by atoms with Crippen molar-refractivity contribution in [2.24, 2.45) is 7.05 Å². The molecule has 1 aliphatic rings. The monoisotopic (exact) mass is 370 g/mol. The summed E-state index contributed by atoms with van der Waals surface area (Å²) >= 11 is 0. The fourth-order valence-electron chi connectivity index (χ4n) is 3.35. The molecule has 4 heterocycles. The van der Waals surface area contributed by atoms with Crippen molar-refractivity contribution in [3.8, 4) is 11.4 Å². The average Bonchev–Trinajstić information content (AvgIpc) is 3.29. The zero-order valence-corrected chi connectivity index (χ0v) is 15.1. The molecular weight excluding hydrogens is 351 g/mol. The summed E-state index contributed by atoms with van der Waals surface area (Å²) in [4.78, 5) is 22.5. The smallest absolute Gasteiger partial charge is 0.272 e. The van der Waals surface area contributed by atoms with Crippen LogP contribution in [0, 0.1) is 6.92 Å². The van der Waals surface area contributed by atoms with E-state index in [4.69, 9.17) is 4.52 Å². The predicted octanol–water partition coefficient (Wildman–Crippen LogP) is 2.27. The lowest BCUT2D eigenvalue weighted by molar-refractivity contribution is 0.0147. The molecule has 4 rings (SSSR count). The number of carbonyl (C=O) groups is 1. The van der Waals surface area contributed by atoms with Crippen LogP contribution in [-0.4, -0.2) is 48.8 Å². The Morgan fingerprint density at radius 3 is 2.96 bits per heavy atom. The van der Waals surface area contributed by atoms with Crippen LogP contribution < -0.4 is 0 Å². The summed E-state index contributed by atoms with van der Waals surface area (Å²) in [6, 6.07) is 5.21. The van der Waals surface area contributed by atoms with Crippen molar-refractivity contribution < 1.29 is 13.7 Å². The van der Waals surface area contributed by atoms with E-state index in [-0.39, 0.29) is 30.6 Å². The van der Waals surface area contributed by atoms with E-state index in [0.29, 0.717) is 24.2 Å². The maximum atomic E-state index is 15.6. The minimum atomic E-state index is -1.88. The van der Waals surface area contributed by atoms with Gasteiger partial charge in [0, 0.05) is 31.5 Å². The number of halogens is 1. The van der Waals surface area contributed by atoms with Gasteiger partial charge in [-0.05, 0) is 38.0 Å². The van der Waals surface area contributed by atoms with Crippen LogP contribution in [0.25, 0.3) is 11.4 Å². The fourth-order valence-corrected chi connectivity index (χ4v) is 3.35. The van der Waals surface area contributed by atoms with E-state index in [1.165, 1.54) is 9.58 Å². The third-order valence-corrected chi connectivity index (χ3v) is 4.68. The number of aryl methyl sites for hydroxylation is 2. The van der Waals surface area contributed by atoms with Gasteiger partial charge in [0.25, 0.3) is 11.8 Å². The van der Waals surface area contributed by atoms with Crippen LogP contribution in [0.1, 0.15) is 34.9 Å². The number of piperidine rings is 1. The number of hydrogen-bond acceptors (Lipinski definition) is 6. The van der Waals surface area contributed by atoms with Crippen LogP contribution in [0.15, 0.2) is 35.1 Å². The average molecular weight is 370 g/mol. The van der Waals surface area contributed by atoms with E-state index in [9.17, 15) is 4.79 Å². The molecule has 8 nitrogen and oxygen atoms in total. The Hall–Kier alpha value is -3.10. The normalized spacial score (nSPS) is 20.0. The van der Waals surface area contributed by atoms with Gasteiger partial charge in [0.15, 0.2) is 0 Å². The van der Waals surface area contributed by atoms with Crippen molar-refractivity contribution >= 4 is 5.91 Å². The van der Waals surface area contributed by atoms with Gasteiger partial charge < -0.3 is 9.42 Å². The van der Waals surface area contributed by atoms with E-state index >= 15 is 4.39 Å². The zero-order chi connectivity index (χ0) is 19.0. The van der Waals surface area contributed by atoms with Crippen LogP contribution in [0.5, 0.6) is 0 Å². The molecule has 0 aromatic carbocycles. The number of carbonyl (C=O) groups excluding carboxylic acids is 1. The van der Waals surface area contributed by atoms with Gasteiger partial charge in [-0.15, -0.1) is 0 Å². The Labute approximate surface area is 155 Å². The molecule has 1 atom stereocenters. The van der Waals surface area contributed by atoms with Crippen molar-refractivity contribution in [3.05, 3.63) is 47.9 Å². The summed E-state index contributed by atoms with van der Waals surface area (Å²) in [7, 11) is 1.70. The molecule has 27 heavy (non-hydrogen) atoms. The lowest BCUT2D eigenvalue weighted by atomic mass is 9.94. The molecule has 0 N–H and O–H groups in total. The highest BCUT2D eigenvalue weighted by Crippen LogP contribution is 2.36. The van der Waals surface area contributed by atoms with E-state index in [0.717, 1.165) is 5.69 Å². The lowest BCUT2D eigenvalue weighted by Gasteiger charge is -2.35. The molecule has 1 unspecified atom stereocenters. The number of hydrogen-bond donors (Lipinski definition) is 0. The van der Waals surface area contributed by atoms with Crippen molar-refractivity contribution in [1.82, 2.24) is 29.8 Å². The minimum Gasteiger partial charge on any atom is -0.335 e. The topological polar surface area (TPSA) is 89.9 Å². The summed E-state index contributed by atoms with van der Waals surface area (Å²) in [5.74, 6) is -0.0901. The molecule has 3 aromatic rings. The molecule has 3 aromatic heterocycles. The number of likely N-dealkylation sites (tertiary alicyclic amines) is 1. The third-order valence-electron chi connectivity index (χ3n) is 4.68. The molecule has 0 bridgehead atoms. The van der Waals surface area contributed by atoms with Crippen LogP contribution in [0.4, 0.5) is 4.39 Å². The predicted molar refractivity (Wildman–Crippen MR) is 93.4 cm³/mol. The van der Waals surface area contributed by atoms with Gasteiger partial charge in [-0.1, -0.05) is 5.16 Å². The Bertz CT molecular complexity index is 969. The number of aromatic nitrogens is 5. The van der Waals surface area contributed by atoms with Gasteiger partial charge in [0.05, 0.1) is 12.2 Å². The first-order chi connectivity index (χ1) is 13.0. The third kappa shape index (κ3) is 3.20. The highest BCUT2D eigenvalue weighted by atomic mass is 19.1. The largest absolute Gasteiger partial charge is 0.335 e. The molecule has 1 fully saturated rings. The standard InChI is InChI=1S/C18H19FN6O2/c1-12-9-14(24(2)22-12)16(26)25-8-4-6-18(19,11-25)17-21-15(23-27-17)13-5-3-7-20-10-13/h3,5,7,9-10H,4,6,8,11H2,1-2H3. The second-order valence-corrected chi connectivity index (χ2v) is 6.75. The minimum absolute atomic E-state index is 0.111. The van der Waals surface area contributed by atoms with Gasteiger partial charge in [-0.3, -0.25) is 14.5 Å². The molecule has 140 valence electrons. The number of alkyl halides is 1. The van der Waals surface area contributed by atoms with E-state index < -0.39 is 5.67 Å². The molecule has 0 radical (unpaired) electrons. The Balaban J connectivity index is 1.57. The zero-order valence-electron chi connectivity index (χ0n) is 15.1. The SMILES string of the molecule is Cc1cc(C(=O)N2CCCC(F)(c3nc(-c4cccnc4)no3)C2)n(C)n1. The van der Waals surface area contributed by atoms with Crippen LogP contribution >= 0.6 is 0 Å². The first kappa shape index (κ1) is 17.3. The fraction of sp³-hybridized carbons (Fsp3) is 0.389. The highest BCUT2D eigenvalue weighted by Gasteiger charge is 2.44. The van der Waals surface area contributed by atoms with Crippen LogP contribution in [0.2, 0.25) is 0 Å². The van der Waals surface area contributed by atoms with Crippen molar-refractivity contribution in [1.29, 1.82) is 0 Å². The first-order valence-electron chi connectivity index (χ1n) is 8.70. The number of pyridine rings is 1. The number of rotatable bonds is 3. The molecule has 9 heteroatoms. The van der Waals surface area contributed by atoms with Crippen LogP contribution in [-0.2, 0) is 12.7 Å². The molecular formula is C18H19FN6O2. The van der Waals surface area contributed by atoms with Crippen LogP contribution in [0.3, 0.4) is 0 Å². The second-order valence-electron chi connectivity index (χ2n) is 6.75. The van der Waals surface area contributed by atoms with E-state index in [1.54, 1.807) is 37.6 Å². The number of amides is 1. The second kappa shape index (κ2) is 6.57. The molecule has 0 spiro atoms. The Morgan fingerprint density at radius 2 is 2.26 bits per heavy atom. The maximum absolute atomic E-state index is 15.6. The van der Waals surface area contributed by atoms with E-state index in [1.807, 2.05) is 6.92 Å². The summed E-state index contributed by atoms with van der Waals surface area (Å²) in [6.07, 6.45) is 3.94. The summed E-state index contributed by atoms with van der Waals surface area (Å²) in [5.41, 5.74) is -0.0689. The molecule has 0 saturated carbocycles. The quantitative estimate of drug-likeness (QED) is 0.703. The van der Waals surface area contributed by atoms with Crippen molar-refractivity contribution in [3.63, 3.8) is 0 Å². The van der Waals surface area contributed by atoms with Gasteiger partial charge in [0.1, 0.15) is 5.69 Å². The van der Waals surface area contributed by atoms with Crippen molar-refractivity contribution in [2.45, 2.75) is 25.4 Å². The van der Waals surface area contributed by atoms with Gasteiger partial charge >= 0.3 is 0 Å². The van der Waals surface area contributed by atoms with Gasteiger partial charge in [-0.2, -0.15) is 10.1 Å². The molecule has 1 aliphatic heterocycles. The molecule has 0 aliphatic carbocycles. The number of nitrogens with zero attached hydrogens (tertiary/aromatic N) is 6. The van der Waals surface area contributed by atoms with Gasteiger partial charge in [0.2, 0.25) is 11.5 Å². The maximum Gasteiger partial charge on any atom is 0.272 e. The first-order valence-corrected chi connectivity index (χ1v) is 8.70. The summed E-state index contributed by atoms with van der Waals surface area (Å²) < 4.78 is 22.4. The summed E-state index contributed by atoms with van der Waals surface area (Å²) in [5, 5.41) is 8.06. The Morgan fingerprint density at radius 1 is 1.41 bits per heavy atom. The van der Waals surface area contributed by atoms with Crippen molar-refractivity contribution in [2.75, 3.05) is 13.1 Å². The van der Waals surface area contributed by atoms with E-state index in [2.05, 4.69) is 20.2 Å². The lowest BCUT2D eigenvalue weighted by Crippen LogP contribution is -2.47. The summed E-state index contributed by atoms with van der Waals surface area (Å²) in [6.45, 7) is 2.15. The molecule has 1 saturated heterocycles. The molecule has 1 amide bonds. The highest BCUT2D eigenvalue weighted by molar-refractivity contribution is 5.92. The van der Waals surface area contributed by atoms with Gasteiger partial charge in [-0.25, -0.2) is 4.39 Å².